The van der Waals surface area contributed by atoms with Gasteiger partial charge in [0.15, 0.2) is 8.32 Å². The third-order valence-corrected chi connectivity index (χ3v) is 23.8. The predicted molar refractivity (Wildman–Crippen MR) is 421 cm³/mol. The minimum absolute atomic E-state index is 0.0292. The molecular formula is C74H116N24O7Si. The van der Waals surface area contributed by atoms with Crippen LogP contribution >= 0.6 is 0 Å². The quantitative estimate of drug-likeness (QED) is 0.0664. The summed E-state index contributed by atoms with van der Waals surface area (Å²) in [4.78, 5) is 114. The van der Waals surface area contributed by atoms with Crippen LogP contribution in [0.4, 0.5) is 34.9 Å². The number of nitrogens with two attached hydrogens (primary N) is 6. The van der Waals surface area contributed by atoms with Crippen LogP contribution in [0.1, 0.15) is 110 Å². The first-order chi connectivity index (χ1) is 50.2. The van der Waals surface area contributed by atoms with Gasteiger partial charge in [-0.25, -0.2) is 29.9 Å². The summed E-state index contributed by atoms with van der Waals surface area (Å²) in [5.41, 5.74) is 36.5. The van der Waals surface area contributed by atoms with Crippen molar-refractivity contribution in [3.63, 3.8) is 0 Å². The van der Waals surface area contributed by atoms with E-state index in [4.69, 9.17) is 38.8 Å². The molecule has 0 aliphatic carbocycles. The fourth-order valence-corrected chi connectivity index (χ4v) is 12.4. The number of carbonyl (C=O) groups excluding carboxylic acids is 6. The van der Waals surface area contributed by atoms with Crippen molar-refractivity contribution in [2.75, 3.05) is 195 Å². The van der Waals surface area contributed by atoms with Gasteiger partial charge in [0, 0.05) is 179 Å². The number of rotatable bonds is 15. The van der Waals surface area contributed by atoms with Gasteiger partial charge in [-0.1, -0.05) is 20.8 Å². The molecule has 5 saturated heterocycles. The van der Waals surface area contributed by atoms with Crippen LogP contribution < -0.4 is 50.4 Å². The van der Waals surface area contributed by atoms with E-state index in [1.54, 1.807) is 91.4 Å². The Kier molecular flexibility index (Phi) is 33.3. The van der Waals surface area contributed by atoms with E-state index in [1.807, 2.05) is 85.5 Å². The predicted octanol–water partition coefficient (Wildman–Crippen LogP) is 3.47. The Labute approximate surface area is 626 Å². The Morgan fingerprint density at radius 3 is 1.10 bits per heavy atom. The fraction of sp³-hybridized carbons (Fsp3) is 0.514. The summed E-state index contributed by atoms with van der Waals surface area (Å²) in [5.74, 6) is 2.65. The summed E-state index contributed by atoms with van der Waals surface area (Å²) in [6.07, 6.45) is 11.2. The molecule has 0 spiro atoms. The number of nitrogens with one attached hydrogen (secondary N) is 3. The van der Waals surface area contributed by atoms with Crippen molar-refractivity contribution >= 4 is 78.7 Å². The number of nitrogen functional groups attached to an aromatic ring is 6. The van der Waals surface area contributed by atoms with Gasteiger partial charge < -0.3 is 94.0 Å². The van der Waals surface area contributed by atoms with Crippen LogP contribution in [-0.2, 0) is 4.43 Å². The van der Waals surface area contributed by atoms with E-state index in [9.17, 15) is 28.8 Å². The zero-order valence-corrected chi connectivity index (χ0v) is 65.4. The summed E-state index contributed by atoms with van der Waals surface area (Å²) in [6, 6.07) is 21.6. The summed E-state index contributed by atoms with van der Waals surface area (Å²) >= 11 is 0. The number of carbonyl (C=O) groups is 6. The van der Waals surface area contributed by atoms with Gasteiger partial charge in [0.2, 0.25) is 0 Å². The van der Waals surface area contributed by atoms with Gasteiger partial charge >= 0.3 is 0 Å². The monoisotopic (exact) mass is 1480 g/mol. The maximum Gasteiger partial charge on any atom is 0.255 e. The molecule has 106 heavy (non-hydrogen) atoms. The van der Waals surface area contributed by atoms with Gasteiger partial charge in [0.25, 0.3) is 35.4 Å². The second kappa shape index (κ2) is 41.4. The lowest BCUT2D eigenvalue weighted by atomic mass is 10.1. The van der Waals surface area contributed by atoms with Crippen LogP contribution in [-0.4, -0.2) is 302 Å². The molecule has 0 saturated carbocycles. The van der Waals surface area contributed by atoms with Crippen LogP contribution in [0, 0.1) is 0 Å². The number of likely N-dealkylation sites (N-methyl/N-ethyl adjacent to an activating group) is 3. The molecule has 31 nitrogen and oxygen atoms in total. The van der Waals surface area contributed by atoms with E-state index in [2.05, 4.69) is 94.4 Å². The van der Waals surface area contributed by atoms with E-state index in [-0.39, 0.29) is 52.6 Å². The standard InChI is InChI=1S/C18H32N4O2Si.2C12H18N4O.2C11H16N4O.C10H16N4O/c1-18(2,3)25(4,5)24-13-12-21-8-10-22(11-9-21)17(23)15-6-7-16(19)20-14-15;2*1-15(2)10-5-6-16(8-10)12(17)9-3-4-11(13)14-7-9;2*1-8-6-13-4-5-15(8)11(16)9-2-3-10(12)14-7-9;1-14(2)6-5-12-10(15)8-3-4-9(11)13-7-8/h6-7,14H,8-13H2,1-5H3,(H2,19,20);2*3-4,7,10H,5-6,8H2,1-2H3,(H2,13,14);2*2-3,7-8,13H,4-6H2,1H3,(H2,12,14);3-4,7H,5-6H2,1-2H3,(H2,11,13)(H,12,15)/t;2*10-;2*8-;/m.1010./s1. The number of piperazine rings is 3. The molecule has 15 N–H and O–H groups in total. The summed E-state index contributed by atoms with van der Waals surface area (Å²) in [6.45, 7) is 29.9. The highest BCUT2D eigenvalue weighted by Crippen LogP contribution is 2.36. The minimum Gasteiger partial charge on any atom is -0.416 e. The van der Waals surface area contributed by atoms with E-state index in [1.165, 1.54) is 18.6 Å². The van der Waals surface area contributed by atoms with E-state index < -0.39 is 8.32 Å². The van der Waals surface area contributed by atoms with Gasteiger partial charge in [-0.3, -0.25) is 33.7 Å². The zero-order valence-electron chi connectivity index (χ0n) is 64.4. The first kappa shape index (κ1) is 85.4. The highest BCUT2D eigenvalue weighted by atomic mass is 28.4. The number of hydrogen-bond acceptors (Lipinski definition) is 25. The minimum atomic E-state index is -1.68. The molecule has 0 radical (unpaired) electrons. The van der Waals surface area contributed by atoms with Crippen LogP contribution in [0.25, 0.3) is 0 Å². The van der Waals surface area contributed by atoms with E-state index >= 15 is 0 Å². The molecule has 6 amide bonds. The number of aromatic nitrogens is 6. The SMILES string of the molecule is CC(C)(C)[Si](C)(C)OCCN1CCN(C(=O)c2ccc(N)nc2)CC1.CN(C)CCNC(=O)c1ccc(N)nc1.CN(C)[C@@H]1CCN(C(=O)c2ccc(N)nc2)C1.CN(C)[C@H]1CCN(C(=O)c2ccc(N)nc2)C1.C[C@@H]1CNCCN1C(=O)c1ccc(N)nc1.C[C@H]1CNCCN1C(=O)c1ccc(N)nc1. The molecule has 32 heteroatoms. The van der Waals surface area contributed by atoms with Crippen LogP contribution in [0.5, 0.6) is 0 Å². The summed E-state index contributed by atoms with van der Waals surface area (Å²) in [7, 11) is 10.4. The third kappa shape index (κ3) is 27.1. The number of likely N-dealkylation sites (tertiary alicyclic amines) is 2. The number of anilines is 6. The van der Waals surface area contributed by atoms with Crippen molar-refractivity contribution in [1.29, 1.82) is 0 Å². The molecule has 6 aromatic heterocycles. The molecule has 0 unspecified atom stereocenters. The van der Waals surface area contributed by atoms with Crippen molar-refractivity contribution < 1.29 is 33.2 Å². The summed E-state index contributed by atoms with van der Waals surface area (Å²) < 4.78 is 6.25. The Hall–Kier alpha value is -9.54. The average molecular weight is 1480 g/mol. The zero-order chi connectivity index (χ0) is 77.8. The normalized spacial score (nSPS) is 18.1. The number of pyridine rings is 6. The lowest BCUT2D eigenvalue weighted by molar-refractivity contribution is 0.0614. The molecule has 5 aliphatic heterocycles. The lowest BCUT2D eigenvalue weighted by Crippen LogP contribution is -2.52. The topological polar surface area (TPSA) is 410 Å². The molecule has 0 aromatic carbocycles. The molecule has 11 heterocycles. The molecule has 578 valence electrons. The van der Waals surface area contributed by atoms with Gasteiger partial charge in [-0.05, 0) is 160 Å². The molecule has 5 fully saturated rings. The fourth-order valence-electron chi connectivity index (χ4n) is 11.4. The van der Waals surface area contributed by atoms with Gasteiger partial charge in [-0.15, -0.1) is 0 Å². The van der Waals surface area contributed by atoms with Crippen LogP contribution in [0.3, 0.4) is 0 Å². The Morgan fingerprint density at radius 2 is 0.811 bits per heavy atom. The van der Waals surface area contributed by atoms with Gasteiger partial charge in [-0.2, -0.15) is 0 Å². The summed E-state index contributed by atoms with van der Waals surface area (Å²) in [5, 5.41) is 9.53. The van der Waals surface area contributed by atoms with E-state index in [0.717, 1.165) is 124 Å². The van der Waals surface area contributed by atoms with Crippen molar-refractivity contribution in [3.05, 3.63) is 143 Å². The van der Waals surface area contributed by atoms with Crippen LogP contribution in [0.2, 0.25) is 18.1 Å². The van der Waals surface area contributed by atoms with Crippen molar-refractivity contribution in [2.45, 2.75) is 89.8 Å². The second-order valence-corrected chi connectivity index (χ2v) is 33.9. The molecule has 6 aromatic rings. The Balaban J connectivity index is 0.000000201. The first-order valence-electron chi connectivity index (χ1n) is 36.0. The Morgan fingerprint density at radius 1 is 0.481 bits per heavy atom. The third-order valence-electron chi connectivity index (χ3n) is 19.3. The average Bonchev–Trinajstić information content (AvgIpc) is 1.70. The van der Waals surface area contributed by atoms with Crippen molar-refractivity contribution in [1.82, 2.24) is 90.0 Å². The Bertz CT molecular complexity index is 3540. The van der Waals surface area contributed by atoms with Gasteiger partial charge in [0.05, 0.1) is 33.4 Å². The molecule has 0 bridgehead atoms. The highest BCUT2D eigenvalue weighted by molar-refractivity contribution is 6.74. The largest absolute Gasteiger partial charge is 0.416 e. The number of amides is 6. The maximum absolute atomic E-state index is 12.5. The molecule has 5 aliphatic rings. The van der Waals surface area contributed by atoms with Crippen LogP contribution in [0.15, 0.2) is 110 Å². The molecule has 4 atom stereocenters. The van der Waals surface area contributed by atoms with Gasteiger partial charge in [0.1, 0.15) is 34.9 Å². The van der Waals surface area contributed by atoms with E-state index in [0.29, 0.717) is 86.9 Å². The molecular weight excluding hydrogens is 1370 g/mol. The van der Waals surface area contributed by atoms with Crippen molar-refractivity contribution in [2.24, 2.45) is 0 Å². The number of nitrogens with zero attached hydrogens (tertiary/aromatic N) is 15. The lowest BCUT2D eigenvalue weighted by Gasteiger charge is -2.38. The maximum atomic E-state index is 12.5. The number of hydrogen-bond donors (Lipinski definition) is 9. The molecule has 11 rings (SSSR count). The second-order valence-electron chi connectivity index (χ2n) is 29.1. The highest BCUT2D eigenvalue weighted by Gasteiger charge is 2.37. The van der Waals surface area contributed by atoms with Crippen molar-refractivity contribution in [3.8, 4) is 0 Å². The first-order valence-corrected chi connectivity index (χ1v) is 38.9. The smallest absolute Gasteiger partial charge is 0.255 e.